The fourth-order valence-electron chi connectivity index (χ4n) is 1.54. The number of carbonyl (C=O) groups is 2. The lowest BCUT2D eigenvalue weighted by Crippen LogP contribution is -2.25. The first kappa shape index (κ1) is 19.3. The second kappa shape index (κ2) is 10.1. The van der Waals surface area contributed by atoms with E-state index in [0.717, 1.165) is 0 Å². The molecular weight excluding hydrogens is 288 g/mol. The third-order valence-electron chi connectivity index (χ3n) is 2.60. The molecular formula is C14H20N4O4. The third kappa shape index (κ3) is 5.72. The fraction of sp³-hybridized carbons (Fsp3) is 0.429. The van der Waals surface area contributed by atoms with E-state index in [4.69, 9.17) is 15.0 Å². The molecule has 22 heavy (non-hydrogen) atoms. The molecule has 0 fully saturated rings. The lowest BCUT2D eigenvalue weighted by molar-refractivity contribution is -0.127. The second-order valence-corrected chi connectivity index (χ2v) is 3.93. The third-order valence-corrected chi connectivity index (χ3v) is 2.60. The molecule has 0 bridgehead atoms. The Bertz CT molecular complexity index is 538. The lowest BCUT2D eigenvalue weighted by Gasteiger charge is -2.16. The smallest absolute Gasteiger partial charge is 0.407 e. The number of benzene rings is 1. The SMILES string of the molecule is C.CCC(=O)C(OC(=O)NC)c1ccc(OCN=[N+]=[N-])cc1. The Hall–Kier alpha value is -2.73. The van der Waals surface area contributed by atoms with Crippen LogP contribution in [0, 0.1) is 0 Å². The minimum Gasteiger partial charge on any atom is -0.488 e. The predicted octanol–water partition coefficient (Wildman–Crippen LogP) is 3.35. The zero-order chi connectivity index (χ0) is 15.7. The molecule has 0 saturated heterocycles. The molecule has 1 unspecified atom stereocenters. The van der Waals surface area contributed by atoms with E-state index in [1.165, 1.54) is 7.05 Å². The van der Waals surface area contributed by atoms with E-state index < -0.39 is 12.2 Å². The van der Waals surface area contributed by atoms with Crippen LogP contribution in [0.2, 0.25) is 0 Å². The normalized spacial score (nSPS) is 10.5. The summed E-state index contributed by atoms with van der Waals surface area (Å²) in [4.78, 5) is 25.7. The van der Waals surface area contributed by atoms with Crippen molar-refractivity contribution in [3.63, 3.8) is 0 Å². The van der Waals surface area contributed by atoms with Crippen molar-refractivity contribution in [2.45, 2.75) is 26.9 Å². The Labute approximate surface area is 129 Å². The van der Waals surface area contributed by atoms with Crippen molar-refractivity contribution in [2.24, 2.45) is 5.11 Å². The Morgan fingerprint density at radius 2 is 2.00 bits per heavy atom. The highest BCUT2D eigenvalue weighted by Crippen LogP contribution is 2.23. The highest BCUT2D eigenvalue weighted by Gasteiger charge is 2.23. The summed E-state index contributed by atoms with van der Waals surface area (Å²) >= 11 is 0. The van der Waals surface area contributed by atoms with Crippen LogP contribution in [0.3, 0.4) is 0 Å². The van der Waals surface area contributed by atoms with Crippen molar-refractivity contribution in [3.05, 3.63) is 40.3 Å². The van der Waals surface area contributed by atoms with Gasteiger partial charge < -0.3 is 14.8 Å². The number of ketones is 1. The molecule has 0 aliphatic carbocycles. The molecule has 0 aromatic heterocycles. The Balaban J connectivity index is 0.00000441. The number of carbonyl (C=O) groups excluding carboxylic acids is 2. The zero-order valence-corrected chi connectivity index (χ0v) is 11.8. The molecule has 120 valence electrons. The van der Waals surface area contributed by atoms with Crippen LogP contribution in [-0.2, 0) is 9.53 Å². The summed E-state index contributed by atoms with van der Waals surface area (Å²) in [5, 5.41) is 5.55. The zero-order valence-electron chi connectivity index (χ0n) is 11.8. The average Bonchev–Trinajstić information content (AvgIpc) is 2.52. The number of nitrogens with zero attached hydrogens (tertiary/aromatic N) is 3. The quantitative estimate of drug-likeness (QED) is 0.472. The van der Waals surface area contributed by atoms with E-state index >= 15 is 0 Å². The molecule has 0 radical (unpaired) electrons. The predicted molar refractivity (Wildman–Crippen MR) is 81.4 cm³/mol. The number of Topliss-reactive ketones (excluding diaryl/α,β-unsaturated/α-hetero) is 1. The van der Waals surface area contributed by atoms with Crippen LogP contribution in [-0.4, -0.2) is 25.7 Å². The van der Waals surface area contributed by atoms with Crippen molar-refractivity contribution in [1.82, 2.24) is 5.32 Å². The van der Waals surface area contributed by atoms with Gasteiger partial charge in [-0.15, -0.1) is 0 Å². The Kier molecular flexibility index (Phi) is 8.81. The van der Waals surface area contributed by atoms with E-state index in [1.54, 1.807) is 31.2 Å². The molecule has 1 amide bonds. The molecule has 1 aromatic carbocycles. The van der Waals surface area contributed by atoms with E-state index in [1.807, 2.05) is 0 Å². The first-order valence-electron chi connectivity index (χ1n) is 6.27. The van der Waals surface area contributed by atoms with Gasteiger partial charge >= 0.3 is 6.09 Å². The number of hydrogen-bond donors (Lipinski definition) is 1. The minimum absolute atomic E-state index is 0. The van der Waals surface area contributed by atoms with Crippen LogP contribution in [0.5, 0.6) is 5.75 Å². The van der Waals surface area contributed by atoms with Crippen LogP contribution in [0.15, 0.2) is 29.4 Å². The maximum Gasteiger partial charge on any atom is 0.407 e. The van der Waals surface area contributed by atoms with Gasteiger partial charge in [-0.3, -0.25) is 4.79 Å². The van der Waals surface area contributed by atoms with Gasteiger partial charge in [0.1, 0.15) is 5.75 Å². The monoisotopic (exact) mass is 308 g/mol. The molecule has 0 aliphatic heterocycles. The molecule has 1 N–H and O–H groups in total. The minimum atomic E-state index is -0.957. The van der Waals surface area contributed by atoms with Gasteiger partial charge in [0, 0.05) is 23.9 Å². The van der Waals surface area contributed by atoms with Gasteiger partial charge in [-0.2, -0.15) is 0 Å². The second-order valence-electron chi connectivity index (χ2n) is 3.93. The summed E-state index contributed by atoms with van der Waals surface area (Å²) in [6, 6.07) is 6.44. The lowest BCUT2D eigenvalue weighted by atomic mass is 10.0. The summed E-state index contributed by atoms with van der Waals surface area (Å²) in [5.74, 6) is 0.273. The molecule has 1 aromatic rings. The number of alkyl carbamates (subject to hydrolysis) is 1. The topological polar surface area (TPSA) is 113 Å². The molecule has 0 heterocycles. The maximum atomic E-state index is 11.9. The fourth-order valence-corrected chi connectivity index (χ4v) is 1.54. The Morgan fingerprint density at radius 1 is 1.36 bits per heavy atom. The van der Waals surface area contributed by atoms with E-state index in [-0.39, 0.29) is 26.4 Å². The first-order valence-corrected chi connectivity index (χ1v) is 6.27. The van der Waals surface area contributed by atoms with Gasteiger partial charge in [-0.1, -0.05) is 31.6 Å². The van der Waals surface area contributed by atoms with Crippen molar-refractivity contribution in [3.8, 4) is 5.75 Å². The first-order chi connectivity index (χ1) is 10.1. The van der Waals surface area contributed by atoms with Crippen molar-refractivity contribution in [1.29, 1.82) is 0 Å². The molecule has 1 rings (SSSR count). The average molecular weight is 308 g/mol. The van der Waals surface area contributed by atoms with E-state index in [9.17, 15) is 9.59 Å². The van der Waals surface area contributed by atoms with Gasteiger partial charge in [0.15, 0.2) is 18.6 Å². The van der Waals surface area contributed by atoms with Crippen molar-refractivity contribution in [2.75, 3.05) is 13.8 Å². The van der Waals surface area contributed by atoms with Crippen LogP contribution in [0.1, 0.15) is 32.4 Å². The molecule has 8 heteroatoms. The number of nitrogens with one attached hydrogen (secondary N) is 1. The molecule has 0 saturated carbocycles. The summed E-state index contributed by atoms with van der Waals surface area (Å²) in [7, 11) is 1.42. The summed E-state index contributed by atoms with van der Waals surface area (Å²) in [6.07, 6.45) is -1.39. The molecule has 0 spiro atoms. The van der Waals surface area contributed by atoms with Crippen LogP contribution < -0.4 is 10.1 Å². The number of hydrogen-bond acceptors (Lipinski definition) is 5. The highest BCUT2D eigenvalue weighted by atomic mass is 16.6. The highest BCUT2D eigenvalue weighted by molar-refractivity contribution is 5.86. The number of amides is 1. The molecule has 0 aliphatic rings. The Morgan fingerprint density at radius 3 is 2.50 bits per heavy atom. The van der Waals surface area contributed by atoms with Crippen LogP contribution >= 0.6 is 0 Å². The number of azide groups is 1. The van der Waals surface area contributed by atoms with Gasteiger partial charge in [0.25, 0.3) is 0 Å². The van der Waals surface area contributed by atoms with E-state index in [2.05, 4.69) is 15.3 Å². The van der Waals surface area contributed by atoms with Gasteiger partial charge in [-0.25, -0.2) is 4.79 Å². The standard InChI is InChI=1S/C13H16N4O4.CH4/c1-3-11(18)12(21-13(19)15-2)9-4-6-10(7-5-9)20-8-16-17-14;/h4-7,12H,3,8H2,1-2H3,(H,15,19);1H4. The van der Waals surface area contributed by atoms with Crippen LogP contribution in [0.25, 0.3) is 10.4 Å². The summed E-state index contributed by atoms with van der Waals surface area (Å²) in [6.45, 7) is 1.57. The van der Waals surface area contributed by atoms with Crippen molar-refractivity contribution >= 4 is 11.9 Å². The van der Waals surface area contributed by atoms with Gasteiger partial charge in [-0.05, 0) is 17.7 Å². The van der Waals surface area contributed by atoms with Crippen LogP contribution in [0.4, 0.5) is 4.79 Å². The van der Waals surface area contributed by atoms with Gasteiger partial charge in [0.2, 0.25) is 0 Å². The molecule has 8 nitrogen and oxygen atoms in total. The largest absolute Gasteiger partial charge is 0.488 e. The summed E-state index contributed by atoms with van der Waals surface area (Å²) < 4.78 is 10.2. The summed E-state index contributed by atoms with van der Waals surface area (Å²) in [5.41, 5.74) is 8.69. The number of rotatable bonds is 7. The van der Waals surface area contributed by atoms with Gasteiger partial charge in [0.05, 0.1) is 0 Å². The maximum absolute atomic E-state index is 11.9. The number of ether oxygens (including phenoxy) is 2. The van der Waals surface area contributed by atoms with Crippen molar-refractivity contribution < 1.29 is 19.1 Å². The van der Waals surface area contributed by atoms with E-state index in [0.29, 0.717) is 11.3 Å². The molecule has 1 atom stereocenters.